The van der Waals surface area contributed by atoms with E-state index in [0.717, 1.165) is 20.9 Å². The van der Waals surface area contributed by atoms with Crippen LogP contribution in [0.4, 0.5) is 0 Å². The molecule has 0 heterocycles. The molecule has 1 aliphatic rings. The fraction of sp³-hybridized carbons (Fsp3) is 0.267. The molecule has 0 saturated carbocycles. The minimum absolute atomic E-state index is 0.0471. The molecule has 0 spiro atoms. The Bertz CT molecular complexity index is 571. The third-order valence-electron chi connectivity index (χ3n) is 3.09. The van der Waals surface area contributed by atoms with Crippen LogP contribution >= 0.6 is 31.9 Å². The summed E-state index contributed by atoms with van der Waals surface area (Å²) in [6, 6.07) is 1.91. The van der Waals surface area contributed by atoms with Gasteiger partial charge in [-0.25, -0.2) is 0 Å². The summed E-state index contributed by atoms with van der Waals surface area (Å²) in [5.74, 6) is 0.525. The molecule has 20 heavy (non-hydrogen) atoms. The van der Waals surface area contributed by atoms with Gasteiger partial charge in [0, 0.05) is 10.0 Å². The monoisotopic (exact) mass is 400 g/mol. The van der Waals surface area contributed by atoms with Crippen molar-refractivity contribution in [1.29, 1.82) is 0 Å². The van der Waals surface area contributed by atoms with Crippen molar-refractivity contribution in [3.63, 3.8) is 0 Å². The summed E-state index contributed by atoms with van der Waals surface area (Å²) < 4.78 is 12.3. The molecule has 0 aliphatic heterocycles. The molecule has 3 nitrogen and oxygen atoms in total. The van der Waals surface area contributed by atoms with Gasteiger partial charge in [-0.15, -0.1) is 0 Å². The van der Waals surface area contributed by atoms with Gasteiger partial charge >= 0.3 is 0 Å². The van der Waals surface area contributed by atoms with Crippen LogP contribution in [0.5, 0.6) is 5.75 Å². The van der Waals surface area contributed by atoms with E-state index in [2.05, 4.69) is 38.4 Å². The van der Waals surface area contributed by atoms with E-state index in [4.69, 9.17) is 9.47 Å². The SMILES string of the molecule is C=CCO/C=C1/CCc2c(Br)cc(Br)c(OC)c2C1=O. The first kappa shape index (κ1) is 15.3. The van der Waals surface area contributed by atoms with Crippen molar-refractivity contribution >= 4 is 37.6 Å². The van der Waals surface area contributed by atoms with E-state index in [0.29, 0.717) is 29.9 Å². The number of benzene rings is 1. The van der Waals surface area contributed by atoms with E-state index in [-0.39, 0.29) is 5.78 Å². The quantitative estimate of drug-likeness (QED) is 0.324. The number of rotatable bonds is 4. The molecule has 2 rings (SSSR count). The smallest absolute Gasteiger partial charge is 0.196 e. The second kappa shape index (κ2) is 6.59. The van der Waals surface area contributed by atoms with Crippen LogP contribution in [0.3, 0.4) is 0 Å². The minimum atomic E-state index is -0.0471. The largest absolute Gasteiger partial charge is 0.497 e. The molecule has 1 aromatic carbocycles. The van der Waals surface area contributed by atoms with Crippen molar-refractivity contribution in [2.24, 2.45) is 0 Å². The fourth-order valence-electron chi connectivity index (χ4n) is 2.19. The summed E-state index contributed by atoms with van der Waals surface area (Å²) in [5.41, 5.74) is 2.24. The maximum absolute atomic E-state index is 12.6. The zero-order valence-corrected chi connectivity index (χ0v) is 14.2. The van der Waals surface area contributed by atoms with E-state index >= 15 is 0 Å². The molecule has 0 aromatic heterocycles. The van der Waals surface area contributed by atoms with Crippen LogP contribution in [0.25, 0.3) is 0 Å². The minimum Gasteiger partial charge on any atom is -0.497 e. The van der Waals surface area contributed by atoms with Crippen LogP contribution in [0.1, 0.15) is 22.3 Å². The number of hydrogen-bond donors (Lipinski definition) is 0. The fourth-order valence-corrected chi connectivity index (χ4v) is 3.71. The van der Waals surface area contributed by atoms with Crippen LogP contribution in [0.15, 0.2) is 39.5 Å². The number of fused-ring (bicyclic) bond motifs is 1. The topological polar surface area (TPSA) is 35.5 Å². The number of carbonyl (C=O) groups is 1. The Morgan fingerprint density at radius 3 is 2.75 bits per heavy atom. The zero-order chi connectivity index (χ0) is 14.7. The second-order valence-corrected chi connectivity index (χ2v) is 6.03. The number of methoxy groups -OCH3 is 1. The Morgan fingerprint density at radius 2 is 2.10 bits per heavy atom. The van der Waals surface area contributed by atoms with Crippen molar-refractivity contribution in [1.82, 2.24) is 0 Å². The lowest BCUT2D eigenvalue weighted by Gasteiger charge is -2.22. The van der Waals surface area contributed by atoms with Crippen LogP contribution in [-0.4, -0.2) is 19.5 Å². The van der Waals surface area contributed by atoms with Crippen LogP contribution < -0.4 is 4.74 Å². The first-order chi connectivity index (χ1) is 9.60. The van der Waals surface area contributed by atoms with Crippen LogP contribution in [-0.2, 0) is 11.2 Å². The molecule has 0 unspecified atom stereocenters. The summed E-state index contributed by atoms with van der Waals surface area (Å²) in [6.07, 6.45) is 4.61. The molecule has 0 fully saturated rings. The lowest BCUT2D eigenvalue weighted by atomic mass is 9.87. The Morgan fingerprint density at radius 1 is 1.35 bits per heavy atom. The van der Waals surface area contributed by atoms with E-state index in [9.17, 15) is 4.79 Å². The van der Waals surface area contributed by atoms with Gasteiger partial charge in [0.1, 0.15) is 12.4 Å². The highest BCUT2D eigenvalue weighted by molar-refractivity contribution is 9.11. The summed E-state index contributed by atoms with van der Waals surface area (Å²) in [7, 11) is 1.56. The van der Waals surface area contributed by atoms with Gasteiger partial charge < -0.3 is 9.47 Å². The number of carbonyl (C=O) groups excluding carboxylic acids is 1. The standard InChI is InChI=1S/C15H14Br2O3/c1-3-6-20-8-9-4-5-10-11(16)7-12(17)15(19-2)13(10)14(9)18/h3,7-8H,1,4-6H2,2H3/b9-8-. The van der Waals surface area contributed by atoms with Gasteiger partial charge in [0.25, 0.3) is 0 Å². The summed E-state index contributed by atoms with van der Waals surface area (Å²) >= 11 is 6.93. The molecule has 0 amide bonds. The van der Waals surface area contributed by atoms with Gasteiger partial charge in [0.15, 0.2) is 5.78 Å². The average molecular weight is 402 g/mol. The number of Topliss-reactive ketones (excluding diaryl/α,β-unsaturated/α-hetero) is 1. The number of ketones is 1. The van der Waals surface area contributed by atoms with Crippen molar-refractivity contribution in [2.75, 3.05) is 13.7 Å². The van der Waals surface area contributed by atoms with Crippen molar-refractivity contribution in [3.05, 3.63) is 50.6 Å². The Labute approximate surface area is 134 Å². The highest BCUT2D eigenvalue weighted by Gasteiger charge is 2.29. The van der Waals surface area contributed by atoms with E-state index in [1.54, 1.807) is 13.2 Å². The number of halogens is 2. The maximum atomic E-state index is 12.6. The summed E-state index contributed by atoms with van der Waals surface area (Å²) in [5, 5.41) is 0. The molecule has 0 bridgehead atoms. The molecule has 106 valence electrons. The second-order valence-electron chi connectivity index (χ2n) is 4.32. The van der Waals surface area contributed by atoms with E-state index in [1.807, 2.05) is 6.07 Å². The zero-order valence-electron chi connectivity index (χ0n) is 11.0. The molecule has 0 radical (unpaired) electrons. The van der Waals surface area contributed by atoms with Crippen LogP contribution in [0.2, 0.25) is 0 Å². The van der Waals surface area contributed by atoms with Crippen molar-refractivity contribution in [2.45, 2.75) is 12.8 Å². The predicted octanol–water partition coefficient (Wildman–Crippen LogP) is 4.44. The summed E-state index contributed by atoms with van der Waals surface area (Å²) in [6.45, 7) is 3.97. The third-order valence-corrected chi connectivity index (χ3v) is 4.39. The lowest BCUT2D eigenvalue weighted by Crippen LogP contribution is -2.17. The first-order valence-electron chi connectivity index (χ1n) is 6.11. The molecule has 1 aliphatic carbocycles. The van der Waals surface area contributed by atoms with Gasteiger partial charge in [-0.05, 0) is 40.4 Å². The van der Waals surface area contributed by atoms with Gasteiger partial charge in [-0.3, -0.25) is 4.79 Å². The van der Waals surface area contributed by atoms with Crippen molar-refractivity contribution in [3.8, 4) is 5.75 Å². The van der Waals surface area contributed by atoms with Crippen molar-refractivity contribution < 1.29 is 14.3 Å². The Kier molecular flexibility index (Phi) is 5.05. The molecule has 1 aromatic rings. The Balaban J connectivity index is 2.47. The third kappa shape index (κ3) is 2.83. The number of allylic oxidation sites excluding steroid dienone is 1. The van der Waals surface area contributed by atoms with E-state index < -0.39 is 0 Å². The highest BCUT2D eigenvalue weighted by Crippen LogP contribution is 2.41. The first-order valence-corrected chi connectivity index (χ1v) is 7.69. The molecule has 5 heteroatoms. The maximum Gasteiger partial charge on any atom is 0.196 e. The normalized spacial score (nSPS) is 15.9. The number of ether oxygens (including phenoxy) is 2. The predicted molar refractivity (Wildman–Crippen MR) is 85.3 cm³/mol. The van der Waals surface area contributed by atoms with Gasteiger partial charge in [0.05, 0.1) is 23.4 Å². The van der Waals surface area contributed by atoms with Crippen LogP contribution in [0, 0.1) is 0 Å². The van der Waals surface area contributed by atoms with Gasteiger partial charge in [0.2, 0.25) is 0 Å². The van der Waals surface area contributed by atoms with Gasteiger partial charge in [-0.1, -0.05) is 28.6 Å². The average Bonchev–Trinajstić information content (AvgIpc) is 2.42. The highest BCUT2D eigenvalue weighted by atomic mass is 79.9. The molecular weight excluding hydrogens is 388 g/mol. The number of hydrogen-bond acceptors (Lipinski definition) is 3. The van der Waals surface area contributed by atoms with Gasteiger partial charge in [-0.2, -0.15) is 0 Å². The summed E-state index contributed by atoms with van der Waals surface area (Å²) in [4.78, 5) is 12.6. The lowest BCUT2D eigenvalue weighted by molar-refractivity contribution is 0.101. The molecule has 0 atom stereocenters. The molecule has 0 N–H and O–H groups in total. The van der Waals surface area contributed by atoms with E-state index in [1.165, 1.54) is 6.26 Å². The molecular formula is C15H14Br2O3. The Hall–Kier alpha value is -1.07. The molecule has 0 saturated heterocycles.